The number of nitrogens with two attached hydrogens (primary N) is 1. The lowest BCUT2D eigenvalue weighted by atomic mass is 9.91. The van der Waals surface area contributed by atoms with Gasteiger partial charge in [-0.3, -0.25) is 4.79 Å². The van der Waals surface area contributed by atoms with E-state index >= 15 is 0 Å². The fourth-order valence-corrected chi connectivity index (χ4v) is 4.87. The van der Waals surface area contributed by atoms with Crippen molar-refractivity contribution >= 4 is 15.7 Å². The molecule has 0 aliphatic carbocycles. The summed E-state index contributed by atoms with van der Waals surface area (Å²) in [7, 11) is -2.01. The first-order valence-corrected chi connectivity index (χ1v) is 10.3. The Bertz CT molecular complexity index is 688. The lowest BCUT2D eigenvalue weighted by Crippen LogP contribution is -2.51. The molecule has 0 aromatic heterocycles. The molecule has 3 atom stereocenters. The minimum Gasteiger partial charge on any atom is -0.497 e. The molecule has 0 saturated carbocycles. The Labute approximate surface area is 150 Å². The Morgan fingerprint density at radius 3 is 2.56 bits per heavy atom. The molecule has 1 aromatic carbocycles. The van der Waals surface area contributed by atoms with E-state index in [1.54, 1.807) is 24.0 Å². The molecule has 0 bridgehead atoms. The molecule has 1 aliphatic rings. The molecule has 25 heavy (non-hydrogen) atoms. The van der Waals surface area contributed by atoms with E-state index in [4.69, 9.17) is 10.5 Å². The highest BCUT2D eigenvalue weighted by molar-refractivity contribution is 7.91. The van der Waals surface area contributed by atoms with Crippen molar-refractivity contribution in [3.8, 4) is 5.75 Å². The molecular weight excluding hydrogens is 340 g/mol. The van der Waals surface area contributed by atoms with Gasteiger partial charge in [0.2, 0.25) is 5.91 Å². The monoisotopic (exact) mass is 368 g/mol. The van der Waals surface area contributed by atoms with E-state index in [1.807, 2.05) is 0 Å². The van der Waals surface area contributed by atoms with Crippen LogP contribution in [0.1, 0.15) is 26.7 Å². The number of carbonyl (C=O) groups is 1. The molecule has 0 radical (unpaired) electrons. The van der Waals surface area contributed by atoms with Gasteiger partial charge >= 0.3 is 0 Å². The second kappa shape index (κ2) is 8.19. The van der Waals surface area contributed by atoms with Crippen LogP contribution in [0.4, 0.5) is 0 Å². The second-order valence-corrected chi connectivity index (χ2v) is 8.94. The molecule has 1 aromatic rings. The Morgan fingerprint density at radius 2 is 2.00 bits per heavy atom. The zero-order chi connectivity index (χ0) is 18.6. The Hall–Kier alpha value is -1.60. The van der Waals surface area contributed by atoms with Crippen molar-refractivity contribution in [3.05, 3.63) is 24.3 Å². The van der Waals surface area contributed by atoms with E-state index in [9.17, 15) is 13.2 Å². The maximum absolute atomic E-state index is 12.8. The summed E-state index contributed by atoms with van der Waals surface area (Å²) in [6.07, 6.45) is 1.81. The molecule has 1 aliphatic heterocycles. The summed E-state index contributed by atoms with van der Waals surface area (Å²) in [6.45, 7) is 4.89. The summed E-state index contributed by atoms with van der Waals surface area (Å²) in [5.41, 5.74) is 5.82. The highest BCUT2D eigenvalue weighted by Crippen LogP contribution is 2.25. The van der Waals surface area contributed by atoms with Crippen LogP contribution in [0.25, 0.3) is 0 Å². The summed E-state index contributed by atoms with van der Waals surface area (Å²) in [4.78, 5) is 14.7. The third kappa shape index (κ3) is 4.73. The standard InChI is InChI=1S/C18H28N2O4S/c1-13-8-9-20(15(10-13)11-19)18(21)14(2)12-25(22,23)17-6-4-16(24-3)5-7-17/h4-7,13-15H,8-12,19H2,1-3H3. The van der Waals surface area contributed by atoms with Gasteiger partial charge in [-0.1, -0.05) is 13.8 Å². The fourth-order valence-electron chi connectivity index (χ4n) is 3.33. The molecule has 1 heterocycles. The number of sulfone groups is 1. The average Bonchev–Trinajstić information content (AvgIpc) is 2.60. The number of rotatable bonds is 6. The zero-order valence-electron chi connectivity index (χ0n) is 15.1. The van der Waals surface area contributed by atoms with Crippen LogP contribution in [0.5, 0.6) is 5.75 Å². The molecule has 1 amide bonds. The number of piperidine rings is 1. The van der Waals surface area contributed by atoms with E-state index in [-0.39, 0.29) is 22.6 Å². The van der Waals surface area contributed by atoms with Crippen LogP contribution in [-0.2, 0) is 14.6 Å². The number of ether oxygens (including phenoxy) is 1. The summed E-state index contributed by atoms with van der Waals surface area (Å²) in [6, 6.07) is 6.24. The predicted molar refractivity (Wildman–Crippen MR) is 97.2 cm³/mol. The van der Waals surface area contributed by atoms with Gasteiger partial charge in [0.05, 0.1) is 17.8 Å². The number of carbonyl (C=O) groups excluding carboxylic acids is 1. The molecule has 2 rings (SSSR count). The normalized spacial score (nSPS) is 22.5. The maximum Gasteiger partial charge on any atom is 0.226 e. The van der Waals surface area contributed by atoms with E-state index in [0.717, 1.165) is 12.8 Å². The molecular formula is C18H28N2O4S. The second-order valence-electron chi connectivity index (χ2n) is 6.91. The fraction of sp³-hybridized carbons (Fsp3) is 0.611. The number of nitrogens with zero attached hydrogens (tertiary/aromatic N) is 1. The van der Waals surface area contributed by atoms with Crippen LogP contribution in [0, 0.1) is 11.8 Å². The van der Waals surface area contributed by atoms with Crippen molar-refractivity contribution in [1.82, 2.24) is 4.90 Å². The van der Waals surface area contributed by atoms with Gasteiger partial charge in [0, 0.05) is 25.0 Å². The van der Waals surface area contributed by atoms with E-state index < -0.39 is 15.8 Å². The Balaban J connectivity index is 2.08. The highest BCUT2D eigenvalue weighted by Gasteiger charge is 2.33. The molecule has 1 saturated heterocycles. The van der Waals surface area contributed by atoms with Gasteiger partial charge in [0.1, 0.15) is 5.75 Å². The summed E-state index contributed by atoms with van der Waals surface area (Å²) in [5.74, 6) is 0.197. The van der Waals surface area contributed by atoms with Gasteiger partial charge in [-0.2, -0.15) is 0 Å². The number of likely N-dealkylation sites (tertiary alicyclic amines) is 1. The first-order chi connectivity index (χ1) is 11.8. The third-order valence-corrected chi connectivity index (χ3v) is 6.77. The summed E-state index contributed by atoms with van der Waals surface area (Å²) in [5, 5.41) is 0. The van der Waals surface area contributed by atoms with E-state index in [2.05, 4.69) is 6.92 Å². The van der Waals surface area contributed by atoms with Gasteiger partial charge in [-0.05, 0) is 43.0 Å². The van der Waals surface area contributed by atoms with Crippen molar-refractivity contribution in [2.24, 2.45) is 17.6 Å². The third-order valence-electron chi connectivity index (χ3n) is 4.84. The lowest BCUT2D eigenvalue weighted by molar-refractivity contribution is -0.138. The van der Waals surface area contributed by atoms with Gasteiger partial charge in [0.15, 0.2) is 9.84 Å². The highest BCUT2D eigenvalue weighted by atomic mass is 32.2. The van der Waals surface area contributed by atoms with Crippen molar-refractivity contribution in [2.45, 2.75) is 37.6 Å². The number of amides is 1. The minimum absolute atomic E-state index is 0.00221. The molecule has 0 spiro atoms. The molecule has 140 valence electrons. The number of hydrogen-bond acceptors (Lipinski definition) is 5. The minimum atomic E-state index is -3.54. The topological polar surface area (TPSA) is 89.7 Å². The quantitative estimate of drug-likeness (QED) is 0.825. The zero-order valence-corrected chi connectivity index (χ0v) is 16.0. The van der Waals surface area contributed by atoms with Crippen LogP contribution in [0.2, 0.25) is 0 Å². The largest absolute Gasteiger partial charge is 0.497 e. The van der Waals surface area contributed by atoms with Crippen LogP contribution in [0.3, 0.4) is 0 Å². The molecule has 7 heteroatoms. The number of methoxy groups -OCH3 is 1. The average molecular weight is 368 g/mol. The number of benzene rings is 1. The van der Waals surface area contributed by atoms with Crippen LogP contribution >= 0.6 is 0 Å². The van der Waals surface area contributed by atoms with Crippen LogP contribution in [0.15, 0.2) is 29.2 Å². The molecule has 1 fully saturated rings. The maximum atomic E-state index is 12.8. The van der Waals surface area contributed by atoms with Crippen LogP contribution in [-0.4, -0.2) is 51.2 Å². The van der Waals surface area contributed by atoms with Crippen molar-refractivity contribution < 1.29 is 17.9 Å². The van der Waals surface area contributed by atoms with E-state index in [1.165, 1.54) is 19.2 Å². The Morgan fingerprint density at radius 1 is 1.36 bits per heavy atom. The van der Waals surface area contributed by atoms with Gasteiger partial charge in [-0.25, -0.2) is 8.42 Å². The molecule has 3 unspecified atom stereocenters. The first-order valence-electron chi connectivity index (χ1n) is 8.65. The van der Waals surface area contributed by atoms with Crippen molar-refractivity contribution in [2.75, 3.05) is 26.0 Å². The van der Waals surface area contributed by atoms with Gasteiger partial charge in [-0.15, -0.1) is 0 Å². The van der Waals surface area contributed by atoms with Gasteiger partial charge < -0.3 is 15.4 Å². The van der Waals surface area contributed by atoms with Crippen LogP contribution < -0.4 is 10.5 Å². The van der Waals surface area contributed by atoms with Crippen molar-refractivity contribution in [1.29, 1.82) is 0 Å². The first kappa shape index (κ1) is 19.7. The van der Waals surface area contributed by atoms with E-state index in [0.29, 0.717) is 24.8 Å². The molecule has 6 nitrogen and oxygen atoms in total. The smallest absolute Gasteiger partial charge is 0.226 e. The number of hydrogen-bond donors (Lipinski definition) is 1. The summed E-state index contributed by atoms with van der Waals surface area (Å²) >= 11 is 0. The Kier molecular flexibility index (Phi) is 6.46. The predicted octanol–water partition coefficient (Wildman–Crippen LogP) is 1.69. The molecule has 2 N–H and O–H groups in total. The lowest BCUT2D eigenvalue weighted by Gasteiger charge is -2.39. The SMILES string of the molecule is COc1ccc(S(=O)(=O)CC(C)C(=O)N2CCC(C)CC2CN)cc1. The summed E-state index contributed by atoms with van der Waals surface area (Å²) < 4.78 is 30.2. The van der Waals surface area contributed by atoms with Gasteiger partial charge in [0.25, 0.3) is 0 Å². The van der Waals surface area contributed by atoms with Crippen molar-refractivity contribution in [3.63, 3.8) is 0 Å².